The molecule has 0 aliphatic heterocycles. The lowest BCUT2D eigenvalue weighted by Crippen LogP contribution is -2.34. The van der Waals surface area contributed by atoms with Crippen molar-refractivity contribution in [1.82, 2.24) is 4.31 Å². The summed E-state index contributed by atoms with van der Waals surface area (Å²) < 4.78 is 63.9. The maximum Gasteiger partial charge on any atom is 0.417 e. The number of carbonyl (C=O) groups is 1. The predicted octanol–water partition coefficient (Wildman–Crippen LogP) is 2.19. The van der Waals surface area contributed by atoms with Crippen LogP contribution in [0.15, 0.2) is 29.2 Å². The Hall–Kier alpha value is -1.61. The van der Waals surface area contributed by atoms with Crippen molar-refractivity contribution in [3.05, 3.63) is 29.8 Å². The third kappa shape index (κ3) is 4.18. The topological polar surface area (TPSA) is 74.7 Å². The monoisotopic (exact) mass is 325 g/mol. The number of aliphatic carboxylic acids is 1. The molecule has 1 rings (SSSR count). The van der Waals surface area contributed by atoms with Crippen molar-refractivity contribution in [2.45, 2.75) is 24.4 Å². The highest BCUT2D eigenvalue weighted by atomic mass is 32.2. The van der Waals surface area contributed by atoms with E-state index in [-0.39, 0.29) is 13.1 Å². The zero-order valence-electron chi connectivity index (χ0n) is 11.1. The van der Waals surface area contributed by atoms with Crippen LogP contribution in [0.4, 0.5) is 13.2 Å². The Morgan fingerprint density at radius 3 is 2.33 bits per heavy atom. The molecule has 0 bridgehead atoms. The van der Waals surface area contributed by atoms with Crippen molar-refractivity contribution < 1.29 is 31.5 Å². The molecule has 1 aromatic rings. The number of benzene rings is 1. The lowest BCUT2D eigenvalue weighted by molar-refractivity contribution is -0.140. The van der Waals surface area contributed by atoms with Crippen molar-refractivity contribution in [3.63, 3.8) is 0 Å². The van der Waals surface area contributed by atoms with Gasteiger partial charge in [-0.05, 0) is 12.1 Å². The van der Waals surface area contributed by atoms with Crippen molar-refractivity contribution in [2.75, 3.05) is 13.1 Å². The van der Waals surface area contributed by atoms with Gasteiger partial charge in [-0.25, -0.2) is 8.42 Å². The van der Waals surface area contributed by atoms with Gasteiger partial charge in [0.25, 0.3) is 0 Å². The molecule has 0 heterocycles. The molecule has 0 aromatic heterocycles. The molecular formula is C12H14F3NO4S. The molecule has 0 aliphatic carbocycles. The normalized spacial score (nSPS) is 12.6. The molecule has 0 aliphatic rings. The van der Waals surface area contributed by atoms with Crippen LogP contribution >= 0.6 is 0 Å². The van der Waals surface area contributed by atoms with Gasteiger partial charge in [0.2, 0.25) is 10.0 Å². The average Bonchev–Trinajstić information content (AvgIpc) is 2.38. The van der Waals surface area contributed by atoms with E-state index in [1.54, 1.807) is 0 Å². The van der Waals surface area contributed by atoms with Crippen molar-refractivity contribution in [2.24, 2.45) is 0 Å². The highest BCUT2D eigenvalue weighted by Gasteiger charge is 2.38. The zero-order chi connectivity index (χ0) is 16.3. The number of sulfonamides is 1. The van der Waals surface area contributed by atoms with Gasteiger partial charge in [-0.1, -0.05) is 19.1 Å². The molecule has 21 heavy (non-hydrogen) atoms. The summed E-state index contributed by atoms with van der Waals surface area (Å²) in [5.41, 5.74) is -1.27. The first-order valence-corrected chi connectivity index (χ1v) is 7.43. The van der Waals surface area contributed by atoms with Gasteiger partial charge in [0.1, 0.15) is 0 Å². The summed E-state index contributed by atoms with van der Waals surface area (Å²) in [6.07, 6.45) is -5.29. The van der Waals surface area contributed by atoms with Crippen molar-refractivity contribution in [3.8, 4) is 0 Å². The standard InChI is InChI=1S/C12H14F3NO4S/c1-2-16(8-7-11(17)18)21(19,20)10-6-4-3-5-9(10)12(13,14)15/h3-6H,2,7-8H2,1H3,(H,17,18). The second-order valence-electron chi connectivity index (χ2n) is 4.13. The number of alkyl halides is 3. The molecule has 0 fully saturated rings. The van der Waals surface area contributed by atoms with Crippen LogP contribution in [-0.2, 0) is 21.0 Å². The molecule has 0 radical (unpaired) electrons. The second kappa shape index (κ2) is 6.44. The summed E-state index contributed by atoms with van der Waals surface area (Å²) in [5.74, 6) is -1.23. The Morgan fingerprint density at radius 2 is 1.86 bits per heavy atom. The Morgan fingerprint density at radius 1 is 1.29 bits per heavy atom. The number of carboxylic acid groups (broad SMARTS) is 1. The maximum absolute atomic E-state index is 12.9. The fourth-order valence-corrected chi connectivity index (χ4v) is 3.40. The SMILES string of the molecule is CCN(CCC(=O)O)S(=O)(=O)c1ccccc1C(F)(F)F. The summed E-state index contributed by atoms with van der Waals surface area (Å²) in [5, 5.41) is 8.58. The molecule has 5 nitrogen and oxygen atoms in total. The number of rotatable bonds is 6. The van der Waals surface area contributed by atoms with E-state index in [4.69, 9.17) is 5.11 Å². The van der Waals surface area contributed by atoms with Crippen LogP contribution in [0.25, 0.3) is 0 Å². The summed E-state index contributed by atoms with van der Waals surface area (Å²) >= 11 is 0. The number of nitrogens with zero attached hydrogens (tertiary/aromatic N) is 1. The largest absolute Gasteiger partial charge is 0.481 e. The molecule has 1 N–H and O–H groups in total. The van der Waals surface area contributed by atoms with Gasteiger partial charge in [-0.2, -0.15) is 17.5 Å². The van der Waals surface area contributed by atoms with Crippen LogP contribution in [0, 0.1) is 0 Å². The summed E-state index contributed by atoms with van der Waals surface area (Å²) in [6.45, 7) is 0.914. The lowest BCUT2D eigenvalue weighted by Gasteiger charge is -2.22. The van der Waals surface area contributed by atoms with E-state index in [1.165, 1.54) is 13.0 Å². The Kier molecular flexibility index (Phi) is 5.35. The molecule has 0 saturated carbocycles. The second-order valence-corrected chi connectivity index (χ2v) is 6.04. The number of hydrogen-bond acceptors (Lipinski definition) is 3. The van der Waals surface area contributed by atoms with E-state index in [0.717, 1.165) is 12.1 Å². The van der Waals surface area contributed by atoms with E-state index in [2.05, 4.69) is 0 Å². The average molecular weight is 325 g/mol. The molecule has 0 spiro atoms. The minimum Gasteiger partial charge on any atom is -0.481 e. The molecule has 9 heteroatoms. The maximum atomic E-state index is 12.9. The predicted molar refractivity (Wildman–Crippen MR) is 68.1 cm³/mol. The molecule has 118 valence electrons. The molecule has 0 atom stereocenters. The van der Waals surface area contributed by atoms with Crippen LogP contribution in [0.2, 0.25) is 0 Å². The van der Waals surface area contributed by atoms with Crippen molar-refractivity contribution >= 4 is 16.0 Å². The number of hydrogen-bond donors (Lipinski definition) is 1. The van der Waals surface area contributed by atoms with Crippen LogP contribution in [0.5, 0.6) is 0 Å². The van der Waals surface area contributed by atoms with E-state index in [9.17, 15) is 26.4 Å². The van der Waals surface area contributed by atoms with E-state index >= 15 is 0 Å². The first kappa shape index (κ1) is 17.4. The summed E-state index contributed by atoms with van der Waals surface area (Å²) in [4.78, 5) is 9.64. The number of halogens is 3. The third-order valence-corrected chi connectivity index (χ3v) is 4.77. The van der Waals surface area contributed by atoms with Crippen LogP contribution in [-0.4, -0.2) is 36.9 Å². The molecular weight excluding hydrogens is 311 g/mol. The van der Waals surface area contributed by atoms with Crippen LogP contribution in [0.1, 0.15) is 18.9 Å². The van der Waals surface area contributed by atoms with Gasteiger partial charge in [0, 0.05) is 13.1 Å². The summed E-state index contributed by atoms with van der Waals surface area (Å²) in [6, 6.07) is 3.82. The highest BCUT2D eigenvalue weighted by molar-refractivity contribution is 7.89. The minimum atomic E-state index is -4.81. The van der Waals surface area contributed by atoms with E-state index < -0.39 is 39.0 Å². The fourth-order valence-electron chi connectivity index (χ4n) is 1.73. The van der Waals surface area contributed by atoms with Crippen molar-refractivity contribution in [1.29, 1.82) is 0 Å². The first-order chi connectivity index (χ1) is 9.60. The van der Waals surface area contributed by atoms with Crippen LogP contribution < -0.4 is 0 Å². The molecule has 0 unspecified atom stereocenters. The minimum absolute atomic E-state index is 0.123. The van der Waals surface area contributed by atoms with Gasteiger partial charge in [-0.3, -0.25) is 4.79 Å². The van der Waals surface area contributed by atoms with Gasteiger partial charge in [-0.15, -0.1) is 0 Å². The molecule has 0 amide bonds. The third-order valence-electron chi connectivity index (χ3n) is 2.74. The fraction of sp³-hybridized carbons (Fsp3) is 0.417. The lowest BCUT2D eigenvalue weighted by atomic mass is 10.2. The Labute approximate surface area is 120 Å². The number of carboxylic acids is 1. The molecule has 0 saturated heterocycles. The highest BCUT2D eigenvalue weighted by Crippen LogP contribution is 2.35. The Balaban J connectivity index is 3.27. The van der Waals surface area contributed by atoms with Gasteiger partial charge in [0.05, 0.1) is 16.9 Å². The summed E-state index contributed by atoms with van der Waals surface area (Å²) in [7, 11) is -4.41. The smallest absolute Gasteiger partial charge is 0.417 e. The van der Waals surface area contributed by atoms with Gasteiger partial charge >= 0.3 is 12.1 Å². The quantitative estimate of drug-likeness (QED) is 0.870. The molecule has 1 aromatic carbocycles. The first-order valence-electron chi connectivity index (χ1n) is 5.99. The van der Waals surface area contributed by atoms with E-state index in [0.29, 0.717) is 10.4 Å². The van der Waals surface area contributed by atoms with Crippen LogP contribution in [0.3, 0.4) is 0 Å². The zero-order valence-corrected chi connectivity index (χ0v) is 11.9. The van der Waals surface area contributed by atoms with E-state index in [1.807, 2.05) is 0 Å². The van der Waals surface area contributed by atoms with Gasteiger partial charge in [0.15, 0.2) is 0 Å². The Bertz CT molecular complexity index is 613. The van der Waals surface area contributed by atoms with Gasteiger partial charge < -0.3 is 5.11 Å².